The van der Waals surface area contributed by atoms with Crippen molar-refractivity contribution < 1.29 is 24.1 Å². The smallest absolute Gasteiger partial charge is 0.258 e. The molecule has 2 rings (SSSR count). The Bertz CT molecular complexity index is 717. The van der Waals surface area contributed by atoms with Crippen LogP contribution in [0.1, 0.15) is 17.2 Å². The summed E-state index contributed by atoms with van der Waals surface area (Å²) >= 11 is 0. The minimum absolute atomic E-state index is 0.0749. The normalized spacial score (nSPS) is 11.5. The molecule has 0 saturated heterocycles. The number of carbonyl (C=O) groups excluding carboxylic acids is 1. The van der Waals surface area contributed by atoms with Gasteiger partial charge in [-0.25, -0.2) is 0 Å². The van der Waals surface area contributed by atoms with E-state index in [9.17, 15) is 9.90 Å². The van der Waals surface area contributed by atoms with E-state index in [1.165, 1.54) is 7.11 Å². The summed E-state index contributed by atoms with van der Waals surface area (Å²) in [7, 11) is 3.07. The highest BCUT2D eigenvalue weighted by Crippen LogP contribution is 2.29. The molecular weight excluding hydrogens is 322 g/mol. The van der Waals surface area contributed by atoms with Crippen LogP contribution < -0.4 is 19.5 Å². The minimum atomic E-state index is -0.859. The van der Waals surface area contributed by atoms with E-state index in [0.29, 0.717) is 22.8 Å². The van der Waals surface area contributed by atoms with Gasteiger partial charge >= 0.3 is 0 Å². The second-order valence-corrected chi connectivity index (χ2v) is 5.54. The van der Waals surface area contributed by atoms with Crippen molar-refractivity contribution >= 4 is 5.91 Å². The van der Waals surface area contributed by atoms with Crippen molar-refractivity contribution in [3.8, 4) is 17.2 Å². The zero-order valence-electron chi connectivity index (χ0n) is 14.6. The summed E-state index contributed by atoms with van der Waals surface area (Å²) in [6, 6.07) is 12.6. The van der Waals surface area contributed by atoms with Crippen molar-refractivity contribution in [2.45, 2.75) is 13.0 Å². The maximum absolute atomic E-state index is 11.9. The molecule has 0 aromatic heterocycles. The van der Waals surface area contributed by atoms with Crippen molar-refractivity contribution in [1.82, 2.24) is 5.32 Å². The highest BCUT2D eigenvalue weighted by molar-refractivity contribution is 5.77. The maximum Gasteiger partial charge on any atom is 0.258 e. The average Bonchev–Trinajstić information content (AvgIpc) is 2.63. The second-order valence-electron chi connectivity index (χ2n) is 5.54. The summed E-state index contributed by atoms with van der Waals surface area (Å²) in [5.41, 5.74) is 1.68. The fourth-order valence-corrected chi connectivity index (χ4v) is 2.29. The molecule has 2 aromatic rings. The quantitative estimate of drug-likeness (QED) is 0.767. The fraction of sp³-hybridized carbons (Fsp3) is 0.316. The number of amides is 1. The van der Waals surface area contributed by atoms with Crippen molar-refractivity contribution in [2.24, 2.45) is 0 Å². The maximum atomic E-state index is 11.9. The third-order valence-corrected chi connectivity index (χ3v) is 3.64. The van der Waals surface area contributed by atoms with Crippen LogP contribution in [-0.2, 0) is 4.79 Å². The van der Waals surface area contributed by atoms with Crippen LogP contribution in [0.5, 0.6) is 17.2 Å². The molecule has 0 saturated carbocycles. The summed E-state index contributed by atoms with van der Waals surface area (Å²) in [4.78, 5) is 11.9. The molecule has 0 heterocycles. The number of nitrogens with one attached hydrogen (secondary N) is 1. The second kappa shape index (κ2) is 8.94. The summed E-state index contributed by atoms with van der Waals surface area (Å²) in [5.74, 6) is 1.43. The van der Waals surface area contributed by atoms with Crippen molar-refractivity contribution in [3.05, 3.63) is 53.6 Å². The predicted molar refractivity (Wildman–Crippen MR) is 94.2 cm³/mol. The first-order valence-corrected chi connectivity index (χ1v) is 7.89. The Morgan fingerprint density at radius 2 is 1.88 bits per heavy atom. The highest BCUT2D eigenvalue weighted by Gasteiger charge is 2.13. The van der Waals surface area contributed by atoms with Crippen molar-refractivity contribution in [2.75, 3.05) is 27.4 Å². The molecule has 0 spiro atoms. The van der Waals surface area contributed by atoms with Gasteiger partial charge in [0.25, 0.3) is 5.91 Å². The number of aryl methyl sites for hydroxylation is 1. The SMILES string of the molecule is COc1ccc(C(O)CNC(=O)COc2cccc(C)c2)cc1OC. The third-order valence-electron chi connectivity index (χ3n) is 3.64. The van der Waals surface area contributed by atoms with Crippen LogP contribution in [0.4, 0.5) is 0 Å². The molecule has 25 heavy (non-hydrogen) atoms. The molecule has 2 N–H and O–H groups in total. The molecule has 1 unspecified atom stereocenters. The summed E-state index contributed by atoms with van der Waals surface area (Å²) in [6.07, 6.45) is -0.859. The first kappa shape index (κ1) is 18.6. The molecule has 2 aromatic carbocycles. The fourth-order valence-electron chi connectivity index (χ4n) is 2.29. The first-order valence-electron chi connectivity index (χ1n) is 7.89. The summed E-state index contributed by atoms with van der Waals surface area (Å²) in [6.45, 7) is 1.92. The van der Waals surface area contributed by atoms with Crippen LogP contribution in [0.15, 0.2) is 42.5 Å². The van der Waals surface area contributed by atoms with Gasteiger partial charge in [0.05, 0.1) is 20.3 Å². The van der Waals surface area contributed by atoms with Gasteiger partial charge in [0.2, 0.25) is 0 Å². The number of methoxy groups -OCH3 is 2. The van der Waals surface area contributed by atoms with Gasteiger partial charge in [-0.05, 0) is 42.3 Å². The lowest BCUT2D eigenvalue weighted by Crippen LogP contribution is -2.32. The lowest BCUT2D eigenvalue weighted by Gasteiger charge is -2.15. The van der Waals surface area contributed by atoms with Crippen molar-refractivity contribution in [1.29, 1.82) is 0 Å². The highest BCUT2D eigenvalue weighted by atomic mass is 16.5. The van der Waals surface area contributed by atoms with Crippen LogP contribution in [0.3, 0.4) is 0 Å². The van der Waals surface area contributed by atoms with E-state index in [-0.39, 0.29) is 19.1 Å². The van der Waals surface area contributed by atoms with Crippen LogP contribution in [-0.4, -0.2) is 38.4 Å². The van der Waals surface area contributed by atoms with Crippen molar-refractivity contribution in [3.63, 3.8) is 0 Å². The minimum Gasteiger partial charge on any atom is -0.493 e. The Morgan fingerprint density at radius 1 is 1.12 bits per heavy atom. The standard InChI is InChI=1S/C19H23NO5/c1-13-5-4-6-15(9-13)25-12-19(22)20-11-16(21)14-7-8-17(23-2)18(10-14)24-3/h4-10,16,21H,11-12H2,1-3H3,(H,20,22). The number of rotatable bonds is 8. The van der Waals surface area contributed by atoms with Gasteiger partial charge in [0.1, 0.15) is 5.75 Å². The van der Waals surface area contributed by atoms with Gasteiger partial charge in [0, 0.05) is 6.54 Å². The largest absolute Gasteiger partial charge is 0.493 e. The van der Waals surface area contributed by atoms with Gasteiger partial charge in [-0.3, -0.25) is 4.79 Å². The number of aliphatic hydroxyl groups excluding tert-OH is 1. The predicted octanol–water partition coefficient (Wildman–Crippen LogP) is 2.24. The molecule has 0 aliphatic rings. The van der Waals surface area contributed by atoms with E-state index in [1.54, 1.807) is 31.4 Å². The van der Waals surface area contributed by atoms with E-state index < -0.39 is 6.10 Å². The molecule has 0 fully saturated rings. The number of aliphatic hydroxyl groups is 1. The number of carbonyl (C=O) groups is 1. The number of hydrogen-bond acceptors (Lipinski definition) is 5. The molecule has 134 valence electrons. The van der Waals surface area contributed by atoms with Gasteiger partial charge in [-0.2, -0.15) is 0 Å². The van der Waals surface area contributed by atoms with Gasteiger partial charge in [-0.1, -0.05) is 18.2 Å². The number of benzene rings is 2. The lowest BCUT2D eigenvalue weighted by atomic mass is 10.1. The number of ether oxygens (including phenoxy) is 3. The molecule has 0 bridgehead atoms. The Kier molecular flexibility index (Phi) is 6.65. The Balaban J connectivity index is 1.84. The van der Waals surface area contributed by atoms with Gasteiger partial charge in [0.15, 0.2) is 18.1 Å². The van der Waals surface area contributed by atoms with Crippen LogP contribution in [0.2, 0.25) is 0 Å². The molecular formula is C19H23NO5. The topological polar surface area (TPSA) is 77.0 Å². The Hall–Kier alpha value is -2.73. The molecule has 0 aliphatic carbocycles. The lowest BCUT2D eigenvalue weighted by molar-refractivity contribution is -0.123. The monoisotopic (exact) mass is 345 g/mol. The summed E-state index contributed by atoms with van der Waals surface area (Å²) in [5, 5.41) is 12.9. The molecule has 0 radical (unpaired) electrons. The van der Waals surface area contributed by atoms with E-state index >= 15 is 0 Å². The van der Waals surface area contributed by atoms with E-state index in [2.05, 4.69) is 5.32 Å². The molecule has 0 aliphatic heterocycles. The average molecular weight is 345 g/mol. The first-order chi connectivity index (χ1) is 12.0. The Morgan fingerprint density at radius 3 is 2.56 bits per heavy atom. The van der Waals surface area contributed by atoms with Crippen LogP contribution in [0.25, 0.3) is 0 Å². The molecule has 1 amide bonds. The van der Waals surface area contributed by atoms with E-state index in [4.69, 9.17) is 14.2 Å². The molecule has 6 heteroatoms. The molecule has 1 atom stereocenters. The zero-order chi connectivity index (χ0) is 18.2. The van der Waals surface area contributed by atoms with Gasteiger partial charge in [-0.15, -0.1) is 0 Å². The molecule has 6 nitrogen and oxygen atoms in total. The zero-order valence-corrected chi connectivity index (χ0v) is 14.6. The summed E-state index contributed by atoms with van der Waals surface area (Å²) < 4.78 is 15.8. The Labute approximate surface area is 147 Å². The van der Waals surface area contributed by atoms with E-state index in [0.717, 1.165) is 5.56 Å². The van der Waals surface area contributed by atoms with E-state index in [1.807, 2.05) is 25.1 Å². The van der Waals surface area contributed by atoms with Crippen LogP contribution >= 0.6 is 0 Å². The third kappa shape index (κ3) is 5.39. The van der Waals surface area contributed by atoms with Crippen LogP contribution in [0, 0.1) is 6.92 Å². The number of hydrogen-bond donors (Lipinski definition) is 2. The van der Waals surface area contributed by atoms with Gasteiger partial charge < -0.3 is 24.6 Å².